The van der Waals surface area contributed by atoms with E-state index in [9.17, 15) is 4.79 Å². The maximum Gasteiger partial charge on any atom is 0.261 e. The summed E-state index contributed by atoms with van der Waals surface area (Å²) in [7, 11) is 0. The first kappa shape index (κ1) is 10.9. The zero-order valence-corrected chi connectivity index (χ0v) is 9.76. The van der Waals surface area contributed by atoms with E-state index in [4.69, 9.17) is 9.15 Å². The Bertz CT molecular complexity index is 523. The molecule has 18 heavy (non-hydrogen) atoms. The van der Waals surface area contributed by atoms with E-state index in [0.29, 0.717) is 13.0 Å². The third-order valence-corrected chi connectivity index (χ3v) is 2.96. The van der Waals surface area contributed by atoms with Crippen LogP contribution in [0.3, 0.4) is 0 Å². The standard InChI is InChI=1S/C14H13NO3/c16-14(15-9-11-5-3-7-17-11)13-8-10-4-1-2-6-12(10)18-13/h1-7,13H,8-9H2,(H,15,16)/t13-/m0/s1. The normalized spacial score (nSPS) is 17.0. The number of para-hydroxylation sites is 1. The van der Waals surface area contributed by atoms with Crippen LogP contribution >= 0.6 is 0 Å². The highest BCUT2D eigenvalue weighted by molar-refractivity contribution is 5.82. The largest absolute Gasteiger partial charge is 0.480 e. The maximum atomic E-state index is 11.9. The van der Waals surface area contributed by atoms with E-state index in [2.05, 4.69) is 5.32 Å². The molecule has 0 fully saturated rings. The minimum Gasteiger partial charge on any atom is -0.480 e. The third kappa shape index (κ3) is 2.09. The summed E-state index contributed by atoms with van der Waals surface area (Å²) in [5, 5.41) is 2.80. The topological polar surface area (TPSA) is 51.5 Å². The zero-order chi connectivity index (χ0) is 12.4. The first-order chi connectivity index (χ1) is 8.83. The molecule has 0 radical (unpaired) electrons. The van der Waals surface area contributed by atoms with Gasteiger partial charge >= 0.3 is 0 Å². The minimum atomic E-state index is -0.433. The Labute approximate surface area is 105 Å². The van der Waals surface area contributed by atoms with Crippen molar-refractivity contribution in [3.63, 3.8) is 0 Å². The highest BCUT2D eigenvalue weighted by Gasteiger charge is 2.28. The summed E-state index contributed by atoms with van der Waals surface area (Å²) in [6.45, 7) is 0.391. The number of hydrogen-bond donors (Lipinski definition) is 1. The molecule has 1 atom stereocenters. The van der Waals surface area contributed by atoms with Crippen molar-refractivity contribution in [3.8, 4) is 5.75 Å². The van der Waals surface area contributed by atoms with Crippen LogP contribution < -0.4 is 10.1 Å². The Hall–Kier alpha value is -2.23. The van der Waals surface area contributed by atoms with Gasteiger partial charge in [-0.1, -0.05) is 18.2 Å². The predicted molar refractivity (Wildman–Crippen MR) is 65.1 cm³/mol. The SMILES string of the molecule is O=C(NCc1ccco1)[C@@H]1Cc2ccccc2O1. The molecule has 1 aliphatic heterocycles. The fourth-order valence-corrected chi connectivity index (χ4v) is 2.03. The predicted octanol–water partition coefficient (Wildman–Crippen LogP) is 1.90. The second-order valence-corrected chi connectivity index (χ2v) is 4.22. The Morgan fingerprint density at radius 2 is 2.17 bits per heavy atom. The quantitative estimate of drug-likeness (QED) is 0.895. The van der Waals surface area contributed by atoms with Gasteiger partial charge in [-0.05, 0) is 23.8 Å². The molecule has 4 nitrogen and oxygen atoms in total. The molecule has 92 valence electrons. The summed E-state index contributed by atoms with van der Waals surface area (Å²) < 4.78 is 10.7. The highest BCUT2D eigenvalue weighted by Crippen LogP contribution is 2.28. The Kier molecular flexibility index (Phi) is 2.76. The van der Waals surface area contributed by atoms with Crippen molar-refractivity contribution in [2.75, 3.05) is 0 Å². The average Bonchev–Trinajstić information content (AvgIpc) is 3.04. The number of nitrogens with one attached hydrogen (secondary N) is 1. The molecule has 0 unspecified atom stereocenters. The molecule has 1 aromatic heterocycles. The molecule has 0 saturated heterocycles. The lowest BCUT2D eigenvalue weighted by Crippen LogP contribution is -2.36. The van der Waals surface area contributed by atoms with Crippen molar-refractivity contribution in [2.45, 2.75) is 19.1 Å². The lowest BCUT2D eigenvalue weighted by Gasteiger charge is -2.10. The third-order valence-electron chi connectivity index (χ3n) is 2.96. The summed E-state index contributed by atoms with van der Waals surface area (Å²) in [4.78, 5) is 11.9. The van der Waals surface area contributed by atoms with Gasteiger partial charge in [0.05, 0.1) is 12.8 Å². The molecule has 1 N–H and O–H groups in total. The van der Waals surface area contributed by atoms with Gasteiger partial charge in [0.1, 0.15) is 11.5 Å². The van der Waals surface area contributed by atoms with Gasteiger partial charge in [0.15, 0.2) is 6.10 Å². The Morgan fingerprint density at radius 3 is 2.94 bits per heavy atom. The number of hydrogen-bond acceptors (Lipinski definition) is 3. The van der Waals surface area contributed by atoms with Crippen LogP contribution in [0, 0.1) is 0 Å². The molecule has 1 amide bonds. The number of carbonyl (C=O) groups is 1. The summed E-state index contributed by atoms with van der Waals surface area (Å²) in [6, 6.07) is 11.3. The van der Waals surface area contributed by atoms with Gasteiger partial charge in [-0.3, -0.25) is 4.79 Å². The molecule has 2 heterocycles. The first-order valence-corrected chi connectivity index (χ1v) is 5.87. The number of rotatable bonds is 3. The summed E-state index contributed by atoms with van der Waals surface area (Å²) >= 11 is 0. The first-order valence-electron chi connectivity index (χ1n) is 5.87. The van der Waals surface area contributed by atoms with E-state index >= 15 is 0 Å². The fraction of sp³-hybridized carbons (Fsp3) is 0.214. The van der Waals surface area contributed by atoms with E-state index < -0.39 is 6.10 Å². The van der Waals surface area contributed by atoms with Crippen molar-refractivity contribution in [2.24, 2.45) is 0 Å². The van der Waals surface area contributed by atoms with Crippen LogP contribution in [-0.4, -0.2) is 12.0 Å². The van der Waals surface area contributed by atoms with Gasteiger partial charge in [0, 0.05) is 6.42 Å². The van der Waals surface area contributed by atoms with Gasteiger partial charge in [0.2, 0.25) is 0 Å². The lowest BCUT2D eigenvalue weighted by molar-refractivity contribution is -0.127. The van der Waals surface area contributed by atoms with Crippen LogP contribution in [0.5, 0.6) is 5.75 Å². The van der Waals surface area contributed by atoms with E-state index in [1.54, 1.807) is 12.3 Å². The van der Waals surface area contributed by atoms with E-state index in [-0.39, 0.29) is 5.91 Å². The van der Waals surface area contributed by atoms with Gasteiger partial charge in [-0.25, -0.2) is 0 Å². The summed E-state index contributed by atoms with van der Waals surface area (Å²) in [6.07, 6.45) is 1.78. The number of ether oxygens (including phenoxy) is 1. The number of amides is 1. The molecule has 0 spiro atoms. The number of fused-ring (bicyclic) bond motifs is 1. The van der Waals surface area contributed by atoms with Crippen molar-refractivity contribution < 1.29 is 13.9 Å². The van der Waals surface area contributed by atoms with Gasteiger partial charge in [-0.15, -0.1) is 0 Å². The van der Waals surface area contributed by atoms with E-state index in [0.717, 1.165) is 17.1 Å². The molecule has 3 rings (SSSR count). The monoisotopic (exact) mass is 243 g/mol. The molecule has 0 saturated carbocycles. The molecule has 4 heteroatoms. The van der Waals surface area contributed by atoms with Gasteiger partial charge in [-0.2, -0.15) is 0 Å². The lowest BCUT2D eigenvalue weighted by atomic mass is 10.1. The second kappa shape index (κ2) is 4.56. The molecule has 0 bridgehead atoms. The van der Waals surface area contributed by atoms with Crippen molar-refractivity contribution in [1.29, 1.82) is 0 Å². The second-order valence-electron chi connectivity index (χ2n) is 4.22. The van der Waals surface area contributed by atoms with Crippen LogP contribution in [0.4, 0.5) is 0 Å². The zero-order valence-electron chi connectivity index (χ0n) is 9.76. The summed E-state index contributed by atoms with van der Waals surface area (Å²) in [5.74, 6) is 1.43. The fourth-order valence-electron chi connectivity index (χ4n) is 2.03. The van der Waals surface area contributed by atoms with E-state index in [1.165, 1.54) is 0 Å². The molecule has 2 aromatic rings. The van der Waals surface area contributed by atoms with Crippen molar-refractivity contribution in [3.05, 3.63) is 54.0 Å². The molecular formula is C14H13NO3. The van der Waals surface area contributed by atoms with Crippen LogP contribution in [0.25, 0.3) is 0 Å². The number of carbonyl (C=O) groups excluding carboxylic acids is 1. The van der Waals surface area contributed by atoms with Gasteiger partial charge < -0.3 is 14.5 Å². The Balaban J connectivity index is 1.59. The summed E-state index contributed by atoms with van der Waals surface area (Å²) in [5.41, 5.74) is 1.08. The number of furan rings is 1. The van der Waals surface area contributed by atoms with Crippen molar-refractivity contribution >= 4 is 5.91 Å². The molecule has 1 aliphatic rings. The minimum absolute atomic E-state index is 0.109. The molecular weight excluding hydrogens is 230 g/mol. The van der Waals surface area contributed by atoms with Crippen LogP contribution in [-0.2, 0) is 17.8 Å². The average molecular weight is 243 g/mol. The highest BCUT2D eigenvalue weighted by atomic mass is 16.5. The van der Waals surface area contributed by atoms with E-state index in [1.807, 2.05) is 30.3 Å². The molecule has 0 aliphatic carbocycles. The van der Waals surface area contributed by atoms with Crippen LogP contribution in [0.2, 0.25) is 0 Å². The maximum absolute atomic E-state index is 11.9. The van der Waals surface area contributed by atoms with Crippen LogP contribution in [0.15, 0.2) is 47.1 Å². The molecule has 1 aromatic carbocycles. The smallest absolute Gasteiger partial charge is 0.261 e. The Morgan fingerprint density at radius 1 is 1.28 bits per heavy atom. The number of benzene rings is 1. The van der Waals surface area contributed by atoms with Crippen LogP contribution in [0.1, 0.15) is 11.3 Å². The van der Waals surface area contributed by atoms with Crippen molar-refractivity contribution in [1.82, 2.24) is 5.32 Å². The van der Waals surface area contributed by atoms with Gasteiger partial charge in [0.25, 0.3) is 5.91 Å².